The maximum atomic E-state index is 9.34. The van der Waals surface area contributed by atoms with Crippen LogP contribution in [0.15, 0.2) is 24.7 Å². The Morgan fingerprint density at radius 2 is 2.27 bits per heavy atom. The average molecular weight is 296 g/mol. The fraction of sp³-hybridized carbons (Fsp3) is 0.438. The van der Waals surface area contributed by atoms with Gasteiger partial charge in [-0.2, -0.15) is 5.26 Å². The Kier molecular flexibility index (Phi) is 4.07. The van der Waals surface area contributed by atoms with Gasteiger partial charge in [-0.15, -0.1) is 0 Å². The molecule has 1 saturated heterocycles. The van der Waals surface area contributed by atoms with Crippen molar-refractivity contribution in [1.29, 1.82) is 5.26 Å². The molecule has 1 fully saturated rings. The summed E-state index contributed by atoms with van der Waals surface area (Å²) in [7, 11) is 0. The number of rotatable bonds is 3. The Hall–Kier alpha value is -2.39. The number of likely N-dealkylation sites (N-methyl/N-ethyl adjacent to an activating group) is 1. The molecule has 0 aromatic carbocycles. The molecule has 3 rings (SSSR count). The van der Waals surface area contributed by atoms with Gasteiger partial charge in [0.15, 0.2) is 0 Å². The van der Waals surface area contributed by atoms with E-state index in [0.717, 1.165) is 43.4 Å². The second-order valence-corrected chi connectivity index (χ2v) is 5.52. The van der Waals surface area contributed by atoms with Crippen molar-refractivity contribution >= 4 is 5.69 Å². The molecule has 2 aromatic heterocycles. The van der Waals surface area contributed by atoms with E-state index in [1.165, 1.54) is 0 Å². The van der Waals surface area contributed by atoms with Gasteiger partial charge in [-0.1, -0.05) is 6.92 Å². The van der Waals surface area contributed by atoms with Crippen LogP contribution in [0.2, 0.25) is 0 Å². The van der Waals surface area contributed by atoms with Gasteiger partial charge >= 0.3 is 0 Å². The van der Waals surface area contributed by atoms with E-state index in [0.29, 0.717) is 5.56 Å². The highest BCUT2D eigenvalue weighted by molar-refractivity contribution is 5.59. The van der Waals surface area contributed by atoms with Gasteiger partial charge in [0, 0.05) is 43.9 Å². The van der Waals surface area contributed by atoms with Crippen molar-refractivity contribution in [2.45, 2.75) is 19.9 Å². The van der Waals surface area contributed by atoms with Crippen LogP contribution in [0.25, 0.3) is 0 Å². The van der Waals surface area contributed by atoms with E-state index >= 15 is 0 Å². The van der Waals surface area contributed by atoms with E-state index in [1.54, 1.807) is 12.4 Å². The second kappa shape index (κ2) is 6.16. The molecule has 114 valence electrons. The molecular formula is C16H20N6. The molecule has 6 heteroatoms. The molecule has 0 bridgehead atoms. The summed E-state index contributed by atoms with van der Waals surface area (Å²) in [6.45, 7) is 7.79. The van der Waals surface area contributed by atoms with E-state index in [2.05, 4.69) is 37.7 Å². The topological polar surface area (TPSA) is 71.8 Å². The van der Waals surface area contributed by atoms with Crippen molar-refractivity contribution in [1.82, 2.24) is 19.9 Å². The van der Waals surface area contributed by atoms with Crippen LogP contribution in [0.3, 0.4) is 0 Å². The molecular weight excluding hydrogens is 276 g/mol. The number of H-pyrrole nitrogens is 1. The number of nitriles is 1. The fourth-order valence-electron chi connectivity index (χ4n) is 3.03. The van der Waals surface area contributed by atoms with Crippen LogP contribution < -0.4 is 4.90 Å². The molecule has 3 heterocycles. The summed E-state index contributed by atoms with van der Waals surface area (Å²) >= 11 is 0. The molecule has 0 saturated carbocycles. The van der Waals surface area contributed by atoms with Gasteiger partial charge in [0.1, 0.15) is 11.9 Å². The van der Waals surface area contributed by atoms with Crippen molar-refractivity contribution in [3.05, 3.63) is 41.7 Å². The van der Waals surface area contributed by atoms with Gasteiger partial charge in [-0.3, -0.25) is 9.88 Å². The predicted molar refractivity (Wildman–Crippen MR) is 84.5 cm³/mol. The molecule has 1 N–H and O–H groups in total. The van der Waals surface area contributed by atoms with Crippen molar-refractivity contribution in [3.8, 4) is 6.07 Å². The van der Waals surface area contributed by atoms with Crippen LogP contribution in [-0.4, -0.2) is 46.0 Å². The summed E-state index contributed by atoms with van der Waals surface area (Å²) in [5.74, 6) is 0.982. The molecule has 0 aliphatic carbocycles. The minimum absolute atomic E-state index is 0.216. The smallest absolute Gasteiger partial charge is 0.125 e. The first-order valence-corrected chi connectivity index (χ1v) is 7.58. The summed E-state index contributed by atoms with van der Waals surface area (Å²) in [4.78, 5) is 16.6. The first kappa shape index (κ1) is 14.5. The van der Waals surface area contributed by atoms with Gasteiger partial charge in [-0.05, 0) is 19.5 Å². The van der Waals surface area contributed by atoms with Crippen molar-refractivity contribution in [3.63, 3.8) is 0 Å². The molecule has 0 amide bonds. The number of nitrogens with zero attached hydrogens (tertiary/aromatic N) is 5. The molecule has 0 spiro atoms. The highest BCUT2D eigenvalue weighted by Crippen LogP contribution is 2.28. The lowest BCUT2D eigenvalue weighted by atomic mass is 10.1. The van der Waals surface area contributed by atoms with Gasteiger partial charge < -0.3 is 9.88 Å². The Labute approximate surface area is 130 Å². The lowest BCUT2D eigenvalue weighted by molar-refractivity contribution is 0.180. The maximum Gasteiger partial charge on any atom is 0.125 e. The minimum Gasteiger partial charge on any atom is -0.367 e. The third-order valence-electron chi connectivity index (χ3n) is 4.21. The molecule has 2 aromatic rings. The van der Waals surface area contributed by atoms with Crippen LogP contribution >= 0.6 is 0 Å². The molecule has 1 atom stereocenters. The van der Waals surface area contributed by atoms with E-state index < -0.39 is 0 Å². The lowest BCUT2D eigenvalue weighted by Gasteiger charge is -2.41. The molecule has 1 aliphatic rings. The lowest BCUT2D eigenvalue weighted by Crippen LogP contribution is -2.49. The van der Waals surface area contributed by atoms with Crippen LogP contribution in [0.1, 0.15) is 30.0 Å². The van der Waals surface area contributed by atoms with Crippen molar-refractivity contribution in [2.75, 3.05) is 31.1 Å². The van der Waals surface area contributed by atoms with Crippen LogP contribution in [0.5, 0.6) is 0 Å². The number of hydrogen-bond acceptors (Lipinski definition) is 5. The summed E-state index contributed by atoms with van der Waals surface area (Å²) < 4.78 is 0. The monoisotopic (exact) mass is 296 g/mol. The summed E-state index contributed by atoms with van der Waals surface area (Å²) in [6, 6.07) is 4.47. The highest BCUT2D eigenvalue weighted by Gasteiger charge is 2.30. The number of nitrogens with one attached hydrogen (secondary N) is 1. The van der Waals surface area contributed by atoms with Gasteiger partial charge in [0.2, 0.25) is 0 Å². The van der Waals surface area contributed by atoms with Crippen LogP contribution in [0.4, 0.5) is 5.69 Å². The zero-order valence-electron chi connectivity index (χ0n) is 13.0. The Morgan fingerprint density at radius 1 is 1.41 bits per heavy atom. The quantitative estimate of drug-likeness (QED) is 0.936. The van der Waals surface area contributed by atoms with E-state index in [4.69, 9.17) is 0 Å². The number of aromatic nitrogens is 3. The first-order chi connectivity index (χ1) is 10.7. The molecule has 1 aliphatic heterocycles. The second-order valence-electron chi connectivity index (χ2n) is 5.52. The molecule has 22 heavy (non-hydrogen) atoms. The summed E-state index contributed by atoms with van der Waals surface area (Å²) in [5.41, 5.74) is 2.54. The maximum absolute atomic E-state index is 9.34. The molecule has 1 unspecified atom stereocenters. The number of anilines is 1. The predicted octanol–water partition coefficient (Wildman–Crippen LogP) is 1.87. The number of aromatic amines is 1. The molecule has 0 radical (unpaired) electrons. The fourth-order valence-corrected chi connectivity index (χ4v) is 3.03. The molecule has 6 nitrogen and oxygen atoms in total. The third-order valence-corrected chi connectivity index (χ3v) is 4.21. The van der Waals surface area contributed by atoms with Crippen molar-refractivity contribution in [2.24, 2.45) is 0 Å². The zero-order valence-corrected chi connectivity index (χ0v) is 13.0. The van der Waals surface area contributed by atoms with Gasteiger partial charge in [0.25, 0.3) is 0 Å². The van der Waals surface area contributed by atoms with Gasteiger partial charge in [-0.25, -0.2) is 4.98 Å². The SMILES string of the molecule is CCN1CCN(c2cc(C)ncc2C#N)CC1c1ncc[nH]1. The van der Waals surface area contributed by atoms with E-state index in [1.807, 2.05) is 19.2 Å². The van der Waals surface area contributed by atoms with Crippen LogP contribution in [0, 0.1) is 18.3 Å². The van der Waals surface area contributed by atoms with E-state index in [9.17, 15) is 5.26 Å². The normalized spacial score (nSPS) is 19.1. The number of imidazole rings is 1. The number of pyridine rings is 1. The van der Waals surface area contributed by atoms with Crippen LogP contribution in [-0.2, 0) is 0 Å². The Morgan fingerprint density at radius 3 is 2.95 bits per heavy atom. The summed E-state index contributed by atoms with van der Waals surface area (Å²) in [6.07, 6.45) is 5.32. The van der Waals surface area contributed by atoms with Gasteiger partial charge in [0.05, 0.1) is 17.3 Å². The first-order valence-electron chi connectivity index (χ1n) is 7.58. The Balaban J connectivity index is 1.91. The number of aryl methyl sites for hydroxylation is 1. The average Bonchev–Trinajstić information content (AvgIpc) is 3.08. The number of piperazine rings is 1. The highest BCUT2D eigenvalue weighted by atomic mass is 15.3. The minimum atomic E-state index is 0.216. The standard InChI is InChI=1S/C16H20N6/c1-3-21-6-7-22(11-15(21)16-18-4-5-19-16)14-8-12(2)20-10-13(14)9-17/h4-5,8,10,15H,3,6-7,11H2,1-2H3,(H,18,19). The Bertz CT molecular complexity index is 672. The largest absolute Gasteiger partial charge is 0.367 e. The van der Waals surface area contributed by atoms with E-state index in [-0.39, 0.29) is 6.04 Å². The summed E-state index contributed by atoms with van der Waals surface area (Å²) in [5, 5.41) is 9.34. The zero-order chi connectivity index (χ0) is 15.5. The van der Waals surface area contributed by atoms with Crippen molar-refractivity contribution < 1.29 is 0 Å². The third kappa shape index (κ3) is 2.68. The number of hydrogen-bond donors (Lipinski definition) is 1.